The Hall–Kier alpha value is -5.52. The molecule has 0 unspecified atom stereocenters. The molecule has 0 amide bonds. The van der Waals surface area contributed by atoms with Crippen LogP contribution < -0.4 is 0 Å². The summed E-state index contributed by atoms with van der Waals surface area (Å²) in [6, 6.07) is 48.0. The van der Waals surface area contributed by atoms with E-state index in [-0.39, 0.29) is 5.82 Å². The smallest absolute Gasteiger partial charge is 0.167 e. The highest BCUT2D eigenvalue weighted by Gasteiger charge is 2.17. The van der Waals surface area contributed by atoms with Crippen LogP contribution in [0.25, 0.3) is 76.6 Å². The topological polar surface area (TPSA) is 38.7 Å². The predicted molar refractivity (Wildman–Crippen MR) is 180 cm³/mol. The van der Waals surface area contributed by atoms with Crippen molar-refractivity contribution in [3.63, 3.8) is 0 Å². The number of hydrogen-bond acceptors (Lipinski definition) is 4. The Morgan fingerprint density at radius 1 is 0.409 bits per heavy atom. The summed E-state index contributed by atoms with van der Waals surface area (Å²) in [5.74, 6) is 0.899. The molecule has 5 heteroatoms. The molecule has 0 aliphatic carbocycles. The number of halogens is 1. The summed E-state index contributed by atoms with van der Waals surface area (Å²) in [5, 5.41) is 2.51. The first-order valence-electron chi connectivity index (χ1n) is 14.4. The van der Waals surface area contributed by atoms with Gasteiger partial charge in [-0.15, -0.1) is 11.3 Å². The molecule has 6 aromatic carbocycles. The normalized spacial score (nSPS) is 11.3. The van der Waals surface area contributed by atoms with Crippen LogP contribution in [0.3, 0.4) is 0 Å². The number of fused-ring (bicyclic) bond motifs is 3. The average Bonchev–Trinajstić information content (AvgIpc) is 3.48. The molecule has 2 heterocycles. The van der Waals surface area contributed by atoms with Crippen LogP contribution in [0.5, 0.6) is 0 Å². The molecule has 0 atom stereocenters. The van der Waals surface area contributed by atoms with Crippen LogP contribution in [0.4, 0.5) is 4.39 Å². The van der Waals surface area contributed by atoms with Gasteiger partial charge in [-0.3, -0.25) is 0 Å². The Morgan fingerprint density at radius 2 is 1.02 bits per heavy atom. The fraction of sp³-hybridized carbons (Fsp3) is 0. The molecule has 8 aromatic rings. The van der Waals surface area contributed by atoms with E-state index in [1.807, 2.05) is 78.9 Å². The summed E-state index contributed by atoms with van der Waals surface area (Å²) in [6.45, 7) is 0. The van der Waals surface area contributed by atoms with E-state index in [1.54, 1.807) is 23.5 Å². The van der Waals surface area contributed by atoms with Crippen molar-refractivity contribution in [3.8, 4) is 56.4 Å². The van der Waals surface area contributed by atoms with Crippen LogP contribution in [0.2, 0.25) is 0 Å². The molecular weight excluding hydrogens is 562 g/mol. The lowest BCUT2D eigenvalue weighted by molar-refractivity contribution is 0.630. The van der Waals surface area contributed by atoms with Gasteiger partial charge in [0.15, 0.2) is 17.5 Å². The number of nitrogens with zero attached hydrogens (tertiary/aromatic N) is 3. The first kappa shape index (κ1) is 26.1. The molecule has 0 radical (unpaired) electrons. The molecule has 0 saturated carbocycles. The zero-order valence-electron chi connectivity index (χ0n) is 23.5. The average molecular weight is 586 g/mol. The number of hydrogen-bond donors (Lipinski definition) is 0. The highest BCUT2D eigenvalue weighted by molar-refractivity contribution is 7.26. The van der Waals surface area contributed by atoms with Crippen molar-refractivity contribution < 1.29 is 4.39 Å². The Bertz CT molecular complexity index is 2300. The summed E-state index contributed by atoms with van der Waals surface area (Å²) in [5.41, 5.74) is 5.98. The van der Waals surface area contributed by atoms with Gasteiger partial charge in [-0.25, -0.2) is 19.3 Å². The zero-order chi connectivity index (χ0) is 29.5. The maximum absolute atomic E-state index is 15.7. The Labute approximate surface area is 258 Å². The first-order valence-corrected chi connectivity index (χ1v) is 15.2. The maximum Gasteiger partial charge on any atom is 0.167 e. The predicted octanol–water partition coefficient (Wildman–Crippen LogP) is 10.7. The van der Waals surface area contributed by atoms with E-state index in [0.29, 0.717) is 23.0 Å². The van der Waals surface area contributed by atoms with E-state index in [0.717, 1.165) is 33.4 Å². The second-order valence-corrected chi connectivity index (χ2v) is 11.6. The monoisotopic (exact) mass is 585 g/mol. The van der Waals surface area contributed by atoms with Crippen LogP contribution in [-0.4, -0.2) is 15.0 Å². The van der Waals surface area contributed by atoms with Gasteiger partial charge in [0.1, 0.15) is 5.82 Å². The molecule has 44 heavy (non-hydrogen) atoms. The second-order valence-electron chi connectivity index (χ2n) is 10.6. The molecule has 208 valence electrons. The fourth-order valence-electron chi connectivity index (χ4n) is 5.65. The lowest BCUT2D eigenvalue weighted by atomic mass is 10.0. The van der Waals surface area contributed by atoms with Gasteiger partial charge in [-0.1, -0.05) is 121 Å². The highest BCUT2D eigenvalue weighted by atomic mass is 32.1. The Morgan fingerprint density at radius 3 is 1.82 bits per heavy atom. The highest BCUT2D eigenvalue weighted by Crippen LogP contribution is 2.40. The van der Waals surface area contributed by atoms with Gasteiger partial charge in [-0.05, 0) is 46.5 Å². The van der Waals surface area contributed by atoms with Crippen molar-refractivity contribution in [3.05, 3.63) is 151 Å². The summed E-state index contributed by atoms with van der Waals surface area (Å²) in [7, 11) is 0. The third-order valence-electron chi connectivity index (χ3n) is 7.82. The third kappa shape index (κ3) is 4.74. The standard InChI is InChI=1S/C39H24FN3S/c40-34-24-27(25-11-3-1-4-12-25)21-22-33(34)39-42-37(26-13-5-2-6-14-26)41-38(43-39)29-16-9-15-28(23-29)30-18-10-19-32-31-17-7-8-20-35(31)44-36(30)32/h1-24H. The minimum atomic E-state index is -0.382. The molecule has 0 N–H and O–H groups in total. The van der Waals surface area contributed by atoms with Gasteiger partial charge >= 0.3 is 0 Å². The summed E-state index contributed by atoms with van der Waals surface area (Å²) < 4.78 is 18.2. The van der Waals surface area contributed by atoms with Gasteiger partial charge in [-0.2, -0.15) is 0 Å². The third-order valence-corrected chi connectivity index (χ3v) is 9.04. The van der Waals surface area contributed by atoms with E-state index in [2.05, 4.69) is 54.6 Å². The molecule has 0 aliphatic rings. The number of aromatic nitrogens is 3. The van der Waals surface area contributed by atoms with Crippen molar-refractivity contribution in [1.29, 1.82) is 0 Å². The lowest BCUT2D eigenvalue weighted by Crippen LogP contribution is -2.01. The summed E-state index contributed by atoms with van der Waals surface area (Å²) in [4.78, 5) is 14.5. The molecule has 8 rings (SSSR count). The minimum absolute atomic E-state index is 0.294. The maximum atomic E-state index is 15.7. The van der Waals surface area contributed by atoms with E-state index >= 15 is 4.39 Å². The quantitative estimate of drug-likeness (QED) is 0.202. The van der Waals surface area contributed by atoms with Crippen molar-refractivity contribution in [2.24, 2.45) is 0 Å². The molecular formula is C39H24FN3S. The SMILES string of the molecule is Fc1cc(-c2ccccc2)ccc1-c1nc(-c2ccccc2)nc(-c2cccc(-c3cccc4c3sc3ccccc34)c2)n1. The van der Waals surface area contributed by atoms with E-state index < -0.39 is 0 Å². The molecule has 0 saturated heterocycles. The zero-order valence-corrected chi connectivity index (χ0v) is 24.3. The molecule has 2 aromatic heterocycles. The first-order chi connectivity index (χ1) is 21.7. The molecule has 0 aliphatic heterocycles. The van der Waals surface area contributed by atoms with Crippen LogP contribution in [0.15, 0.2) is 146 Å². The van der Waals surface area contributed by atoms with E-state index in [9.17, 15) is 0 Å². The van der Waals surface area contributed by atoms with Gasteiger partial charge in [0, 0.05) is 31.3 Å². The van der Waals surface area contributed by atoms with Gasteiger partial charge in [0.25, 0.3) is 0 Å². The van der Waals surface area contributed by atoms with Crippen LogP contribution in [0.1, 0.15) is 0 Å². The lowest BCUT2D eigenvalue weighted by Gasteiger charge is -2.11. The van der Waals surface area contributed by atoms with E-state index in [4.69, 9.17) is 15.0 Å². The number of benzene rings is 6. The number of rotatable bonds is 5. The Kier molecular flexibility index (Phi) is 6.51. The summed E-state index contributed by atoms with van der Waals surface area (Å²) in [6.07, 6.45) is 0. The molecule has 0 bridgehead atoms. The van der Waals surface area contributed by atoms with E-state index in [1.165, 1.54) is 20.2 Å². The van der Waals surface area contributed by atoms with Crippen molar-refractivity contribution in [2.75, 3.05) is 0 Å². The molecule has 0 spiro atoms. The Balaban J connectivity index is 1.27. The van der Waals surface area contributed by atoms with Crippen LogP contribution >= 0.6 is 11.3 Å². The molecule has 0 fully saturated rings. The van der Waals surface area contributed by atoms with Crippen LogP contribution in [0, 0.1) is 5.82 Å². The van der Waals surface area contributed by atoms with Gasteiger partial charge in [0.05, 0.1) is 5.56 Å². The summed E-state index contributed by atoms with van der Waals surface area (Å²) >= 11 is 1.80. The largest absolute Gasteiger partial charge is 0.208 e. The van der Waals surface area contributed by atoms with Gasteiger partial charge in [0.2, 0.25) is 0 Å². The fourth-order valence-corrected chi connectivity index (χ4v) is 6.89. The molecule has 3 nitrogen and oxygen atoms in total. The second kappa shape index (κ2) is 11.0. The van der Waals surface area contributed by atoms with Gasteiger partial charge < -0.3 is 0 Å². The van der Waals surface area contributed by atoms with Crippen molar-refractivity contribution in [2.45, 2.75) is 0 Å². The number of thiophene rings is 1. The van der Waals surface area contributed by atoms with Crippen molar-refractivity contribution >= 4 is 31.5 Å². The minimum Gasteiger partial charge on any atom is -0.208 e. The van der Waals surface area contributed by atoms with Crippen LogP contribution in [-0.2, 0) is 0 Å². The van der Waals surface area contributed by atoms with Crippen molar-refractivity contribution in [1.82, 2.24) is 15.0 Å².